The first-order valence-corrected chi connectivity index (χ1v) is 6.93. The monoisotopic (exact) mass is 302 g/mol. The first-order chi connectivity index (χ1) is 10.3. The standard InChI is InChI=1S/C17H19FN2O2/c1-17(2,3)22-16(21)20-11-5-4-6-14-8-7-13(9-10-19)12-15(14)18/h7-8,12H,5,9,11H2,1-3H3,(H,20,21). The Hall–Kier alpha value is -2.53. The molecule has 0 radical (unpaired) electrons. The van der Waals surface area contributed by atoms with Crippen molar-refractivity contribution < 1.29 is 13.9 Å². The number of halogens is 1. The van der Waals surface area contributed by atoms with E-state index in [2.05, 4.69) is 17.2 Å². The fraction of sp³-hybridized carbons (Fsp3) is 0.412. The van der Waals surface area contributed by atoms with Crippen molar-refractivity contribution in [1.82, 2.24) is 5.32 Å². The summed E-state index contributed by atoms with van der Waals surface area (Å²) < 4.78 is 18.8. The van der Waals surface area contributed by atoms with Gasteiger partial charge in [0, 0.05) is 13.0 Å². The van der Waals surface area contributed by atoms with E-state index in [1.54, 1.807) is 32.9 Å². The Morgan fingerprint density at radius 2 is 2.14 bits per heavy atom. The van der Waals surface area contributed by atoms with Crippen LogP contribution in [0.4, 0.5) is 9.18 Å². The second-order valence-electron chi connectivity index (χ2n) is 5.63. The van der Waals surface area contributed by atoms with Crippen LogP contribution in [0.1, 0.15) is 38.3 Å². The SMILES string of the molecule is CC(C)(C)OC(=O)NCCC#Cc1ccc(CC#N)cc1F. The molecule has 0 saturated carbocycles. The van der Waals surface area contributed by atoms with Crippen LogP contribution in [0.15, 0.2) is 18.2 Å². The minimum Gasteiger partial charge on any atom is -0.444 e. The molecular weight excluding hydrogens is 283 g/mol. The van der Waals surface area contributed by atoms with Crippen molar-refractivity contribution in [2.45, 2.75) is 39.2 Å². The molecule has 5 heteroatoms. The summed E-state index contributed by atoms with van der Waals surface area (Å²) in [6.07, 6.45) is 0.0598. The van der Waals surface area contributed by atoms with Gasteiger partial charge in [-0.1, -0.05) is 17.9 Å². The Morgan fingerprint density at radius 3 is 2.73 bits per heavy atom. The zero-order chi connectivity index (χ0) is 16.6. The van der Waals surface area contributed by atoms with Crippen LogP contribution >= 0.6 is 0 Å². The first kappa shape index (κ1) is 17.5. The summed E-state index contributed by atoms with van der Waals surface area (Å²) in [6.45, 7) is 5.68. The van der Waals surface area contributed by atoms with E-state index in [0.29, 0.717) is 18.5 Å². The Morgan fingerprint density at radius 1 is 1.41 bits per heavy atom. The maximum Gasteiger partial charge on any atom is 0.407 e. The number of alkyl carbamates (subject to hydrolysis) is 1. The summed E-state index contributed by atoms with van der Waals surface area (Å²) >= 11 is 0. The molecule has 1 aromatic carbocycles. The molecule has 1 rings (SSSR count). The number of amides is 1. The van der Waals surface area contributed by atoms with Crippen molar-refractivity contribution in [3.8, 4) is 17.9 Å². The van der Waals surface area contributed by atoms with Crippen LogP contribution in [0.3, 0.4) is 0 Å². The van der Waals surface area contributed by atoms with Gasteiger partial charge >= 0.3 is 6.09 Å². The average Bonchev–Trinajstić information content (AvgIpc) is 2.39. The van der Waals surface area contributed by atoms with E-state index >= 15 is 0 Å². The Bertz CT molecular complexity index is 631. The number of benzene rings is 1. The highest BCUT2D eigenvalue weighted by Gasteiger charge is 2.15. The molecule has 116 valence electrons. The van der Waals surface area contributed by atoms with Gasteiger partial charge in [0.2, 0.25) is 0 Å². The molecule has 0 aliphatic rings. The number of carbonyl (C=O) groups excluding carboxylic acids is 1. The number of nitriles is 1. The Labute approximate surface area is 130 Å². The second kappa shape index (κ2) is 8.05. The van der Waals surface area contributed by atoms with Crippen LogP contribution < -0.4 is 5.32 Å². The predicted octanol–water partition coefficient (Wildman–Crippen LogP) is 3.16. The number of carbonyl (C=O) groups is 1. The molecule has 0 atom stereocenters. The number of hydrogen-bond acceptors (Lipinski definition) is 3. The van der Waals surface area contributed by atoms with Crippen molar-refractivity contribution in [2.24, 2.45) is 0 Å². The number of nitrogens with one attached hydrogen (secondary N) is 1. The third kappa shape index (κ3) is 6.76. The lowest BCUT2D eigenvalue weighted by molar-refractivity contribution is 0.0529. The highest BCUT2D eigenvalue weighted by molar-refractivity contribution is 5.67. The smallest absolute Gasteiger partial charge is 0.407 e. The summed E-state index contributed by atoms with van der Waals surface area (Å²) in [5, 5.41) is 11.1. The maximum atomic E-state index is 13.7. The zero-order valence-corrected chi connectivity index (χ0v) is 13.0. The molecule has 0 saturated heterocycles. The second-order valence-corrected chi connectivity index (χ2v) is 5.63. The predicted molar refractivity (Wildman–Crippen MR) is 81.4 cm³/mol. The van der Waals surface area contributed by atoms with Gasteiger partial charge in [0.25, 0.3) is 0 Å². The number of nitrogens with zero attached hydrogens (tertiary/aromatic N) is 1. The fourth-order valence-electron chi connectivity index (χ4n) is 1.56. The first-order valence-electron chi connectivity index (χ1n) is 6.93. The van der Waals surface area contributed by atoms with E-state index in [1.165, 1.54) is 6.07 Å². The van der Waals surface area contributed by atoms with Gasteiger partial charge in [-0.25, -0.2) is 9.18 Å². The van der Waals surface area contributed by atoms with Gasteiger partial charge in [0.15, 0.2) is 0 Å². The normalized spacial score (nSPS) is 10.1. The summed E-state index contributed by atoms with van der Waals surface area (Å²) in [5.41, 5.74) is 0.362. The Kier molecular flexibility index (Phi) is 6.41. The van der Waals surface area contributed by atoms with Gasteiger partial charge in [-0.05, 0) is 38.5 Å². The molecule has 0 fully saturated rings. The van der Waals surface area contributed by atoms with E-state index < -0.39 is 17.5 Å². The van der Waals surface area contributed by atoms with E-state index in [9.17, 15) is 9.18 Å². The third-order valence-electron chi connectivity index (χ3n) is 2.46. The highest BCUT2D eigenvalue weighted by atomic mass is 19.1. The molecule has 0 spiro atoms. The number of rotatable bonds is 3. The third-order valence-corrected chi connectivity index (χ3v) is 2.46. The molecule has 0 aromatic heterocycles. The van der Waals surface area contributed by atoms with Crippen LogP contribution in [0.5, 0.6) is 0 Å². The van der Waals surface area contributed by atoms with Crippen LogP contribution in [0.2, 0.25) is 0 Å². The van der Waals surface area contributed by atoms with Crippen LogP contribution in [0, 0.1) is 29.0 Å². The summed E-state index contributed by atoms with van der Waals surface area (Å²) in [4.78, 5) is 11.4. The lowest BCUT2D eigenvalue weighted by Gasteiger charge is -2.19. The van der Waals surface area contributed by atoms with Crippen molar-refractivity contribution in [3.05, 3.63) is 35.1 Å². The lowest BCUT2D eigenvalue weighted by Crippen LogP contribution is -2.32. The molecule has 1 aromatic rings. The van der Waals surface area contributed by atoms with E-state index in [0.717, 1.165) is 0 Å². The summed E-state index contributed by atoms with van der Waals surface area (Å²) in [5.74, 6) is 5.05. The van der Waals surface area contributed by atoms with Gasteiger partial charge in [0.1, 0.15) is 11.4 Å². The summed E-state index contributed by atoms with van der Waals surface area (Å²) in [6, 6.07) is 6.50. The van der Waals surface area contributed by atoms with Crippen LogP contribution in [-0.2, 0) is 11.2 Å². The van der Waals surface area contributed by atoms with Crippen molar-refractivity contribution in [1.29, 1.82) is 5.26 Å². The van der Waals surface area contributed by atoms with Crippen molar-refractivity contribution >= 4 is 6.09 Å². The topological polar surface area (TPSA) is 62.1 Å². The van der Waals surface area contributed by atoms with Gasteiger partial charge in [-0.3, -0.25) is 0 Å². The molecule has 0 heterocycles. The van der Waals surface area contributed by atoms with Gasteiger partial charge < -0.3 is 10.1 Å². The molecule has 1 N–H and O–H groups in total. The fourth-order valence-corrected chi connectivity index (χ4v) is 1.56. The van der Waals surface area contributed by atoms with Gasteiger partial charge in [-0.15, -0.1) is 0 Å². The molecule has 0 aliphatic heterocycles. The maximum absolute atomic E-state index is 13.7. The molecule has 22 heavy (non-hydrogen) atoms. The Balaban J connectivity index is 2.45. The van der Waals surface area contributed by atoms with Crippen LogP contribution in [0.25, 0.3) is 0 Å². The molecule has 0 unspecified atom stereocenters. The highest BCUT2D eigenvalue weighted by Crippen LogP contribution is 2.10. The summed E-state index contributed by atoms with van der Waals surface area (Å²) in [7, 11) is 0. The van der Waals surface area contributed by atoms with Crippen LogP contribution in [-0.4, -0.2) is 18.2 Å². The molecule has 0 aliphatic carbocycles. The minimum absolute atomic E-state index is 0.171. The van der Waals surface area contributed by atoms with E-state index in [4.69, 9.17) is 10.00 Å². The minimum atomic E-state index is -0.538. The molecule has 1 amide bonds. The molecular formula is C17H19FN2O2. The largest absolute Gasteiger partial charge is 0.444 e. The lowest BCUT2D eigenvalue weighted by atomic mass is 10.1. The van der Waals surface area contributed by atoms with Gasteiger partial charge in [-0.2, -0.15) is 5.26 Å². The quantitative estimate of drug-likeness (QED) is 0.689. The molecule has 0 bridgehead atoms. The zero-order valence-electron chi connectivity index (χ0n) is 13.0. The van der Waals surface area contributed by atoms with Crippen molar-refractivity contribution in [3.63, 3.8) is 0 Å². The number of hydrogen-bond donors (Lipinski definition) is 1. The molecule has 4 nitrogen and oxygen atoms in total. The van der Waals surface area contributed by atoms with E-state index in [1.807, 2.05) is 6.07 Å². The number of ether oxygens (including phenoxy) is 1. The van der Waals surface area contributed by atoms with Crippen molar-refractivity contribution in [2.75, 3.05) is 6.54 Å². The van der Waals surface area contributed by atoms with E-state index in [-0.39, 0.29) is 12.0 Å². The van der Waals surface area contributed by atoms with Gasteiger partial charge in [0.05, 0.1) is 18.1 Å². The average molecular weight is 302 g/mol.